The summed E-state index contributed by atoms with van der Waals surface area (Å²) in [4.78, 5) is 0. The summed E-state index contributed by atoms with van der Waals surface area (Å²) < 4.78 is 27.0. The van der Waals surface area contributed by atoms with Crippen molar-refractivity contribution in [2.45, 2.75) is 121 Å². The van der Waals surface area contributed by atoms with Crippen LogP contribution in [-0.2, 0) is 9.47 Å². The molecule has 5 rings (SSSR count). The van der Waals surface area contributed by atoms with E-state index in [0.29, 0.717) is 23.9 Å². The highest BCUT2D eigenvalue weighted by Gasteiger charge is 2.26. The fraction of sp³-hybridized carbons (Fsp3) is 0.622. The average Bonchev–Trinajstić information content (AvgIpc) is 3.01. The predicted molar refractivity (Wildman–Crippen MR) is 164 cm³/mol. The lowest BCUT2D eigenvalue weighted by molar-refractivity contribution is 0.0230. The maximum atomic E-state index is 15.3. The number of hydrogen-bond acceptors (Lipinski definition) is 2. The molecule has 0 amide bonds. The second kappa shape index (κ2) is 14.8. The molecule has 3 heteroatoms. The van der Waals surface area contributed by atoms with Crippen LogP contribution >= 0.6 is 0 Å². The summed E-state index contributed by atoms with van der Waals surface area (Å²) in [6.45, 7) is 6.92. The van der Waals surface area contributed by atoms with Crippen LogP contribution in [0.5, 0.6) is 0 Å². The molecule has 3 aliphatic rings. The standard InChI is InChI=1S/C37H51FO2/c1-3-5-24-40-35-21-18-33(19-22-35)36-23-20-34(25-37(36)38)32-16-14-31(15-17-32)30-12-10-29(11-13-30)28-8-6-27(7-9-28)26-39-4-2/h10-14,20,23,25,27-28,32-33,35H,3-9,15-19,21-22,24,26H2,1-2H3. The van der Waals surface area contributed by atoms with Gasteiger partial charge in [0.15, 0.2) is 0 Å². The van der Waals surface area contributed by atoms with Gasteiger partial charge in [0.05, 0.1) is 6.10 Å². The second-order valence-electron chi connectivity index (χ2n) is 12.7. The van der Waals surface area contributed by atoms with Crippen LogP contribution in [0.25, 0.3) is 5.57 Å². The van der Waals surface area contributed by atoms with E-state index in [2.05, 4.69) is 56.3 Å². The van der Waals surface area contributed by atoms with E-state index in [1.165, 1.54) is 54.4 Å². The molecule has 2 aromatic carbocycles. The van der Waals surface area contributed by atoms with Gasteiger partial charge in [0, 0.05) is 19.8 Å². The molecule has 0 aliphatic heterocycles. The van der Waals surface area contributed by atoms with E-state index in [1.807, 2.05) is 6.07 Å². The van der Waals surface area contributed by atoms with Crippen LogP contribution in [-0.4, -0.2) is 25.9 Å². The zero-order valence-corrected chi connectivity index (χ0v) is 25.0. The van der Waals surface area contributed by atoms with E-state index in [0.717, 1.165) is 82.7 Å². The Kier molecular flexibility index (Phi) is 10.9. The van der Waals surface area contributed by atoms with Gasteiger partial charge < -0.3 is 9.47 Å². The summed E-state index contributed by atoms with van der Waals surface area (Å²) in [5.74, 6) is 2.21. The van der Waals surface area contributed by atoms with Crippen molar-refractivity contribution < 1.29 is 13.9 Å². The van der Waals surface area contributed by atoms with Gasteiger partial charge in [0.2, 0.25) is 0 Å². The largest absolute Gasteiger partial charge is 0.381 e. The number of unbranched alkanes of at least 4 members (excludes halogenated alkanes) is 1. The number of benzene rings is 2. The lowest BCUT2D eigenvalue weighted by Crippen LogP contribution is -2.21. The van der Waals surface area contributed by atoms with Gasteiger partial charge in [0.25, 0.3) is 0 Å². The highest BCUT2D eigenvalue weighted by atomic mass is 19.1. The first-order valence-electron chi connectivity index (χ1n) is 16.4. The molecule has 0 aromatic heterocycles. The minimum Gasteiger partial charge on any atom is -0.381 e. The van der Waals surface area contributed by atoms with Gasteiger partial charge in [-0.05, 0) is 142 Å². The van der Waals surface area contributed by atoms with Crippen molar-refractivity contribution in [2.75, 3.05) is 19.8 Å². The molecule has 218 valence electrons. The molecular weight excluding hydrogens is 495 g/mol. The maximum Gasteiger partial charge on any atom is 0.126 e. The molecule has 0 saturated heterocycles. The molecule has 0 radical (unpaired) electrons. The van der Waals surface area contributed by atoms with Gasteiger partial charge in [-0.25, -0.2) is 4.39 Å². The maximum absolute atomic E-state index is 15.3. The number of ether oxygens (including phenoxy) is 2. The van der Waals surface area contributed by atoms with Crippen LogP contribution in [0.3, 0.4) is 0 Å². The molecule has 3 aliphatic carbocycles. The summed E-state index contributed by atoms with van der Waals surface area (Å²) >= 11 is 0. The Morgan fingerprint density at radius 1 is 0.775 bits per heavy atom. The second-order valence-corrected chi connectivity index (χ2v) is 12.7. The van der Waals surface area contributed by atoms with Crippen LogP contribution in [0, 0.1) is 11.7 Å². The Hall–Kier alpha value is -1.97. The first kappa shape index (κ1) is 29.5. The zero-order chi connectivity index (χ0) is 27.7. The smallest absolute Gasteiger partial charge is 0.126 e. The number of rotatable bonds is 11. The van der Waals surface area contributed by atoms with Gasteiger partial charge in [-0.2, -0.15) is 0 Å². The third-order valence-electron chi connectivity index (χ3n) is 10.0. The number of halogens is 1. The van der Waals surface area contributed by atoms with E-state index >= 15 is 4.39 Å². The van der Waals surface area contributed by atoms with Crippen LogP contribution in [0.2, 0.25) is 0 Å². The minimum absolute atomic E-state index is 0.00476. The van der Waals surface area contributed by atoms with Crippen LogP contribution in [0.15, 0.2) is 48.5 Å². The quantitative estimate of drug-likeness (QED) is 0.261. The SMILES string of the molecule is CCCCOC1CCC(c2ccc(C3CC=C(c4ccc(C5CCC(COCC)CC5)cc4)CC3)cc2F)CC1. The molecule has 0 heterocycles. The van der Waals surface area contributed by atoms with E-state index in [1.54, 1.807) is 0 Å². The Morgan fingerprint density at radius 2 is 1.50 bits per heavy atom. The van der Waals surface area contributed by atoms with E-state index < -0.39 is 0 Å². The Balaban J connectivity index is 1.12. The van der Waals surface area contributed by atoms with Crippen molar-refractivity contribution in [3.63, 3.8) is 0 Å². The fourth-order valence-electron chi connectivity index (χ4n) is 7.38. The lowest BCUT2D eigenvalue weighted by Gasteiger charge is -2.29. The summed E-state index contributed by atoms with van der Waals surface area (Å²) in [6.07, 6.45) is 17.6. The van der Waals surface area contributed by atoms with Crippen molar-refractivity contribution in [3.05, 3.63) is 76.6 Å². The van der Waals surface area contributed by atoms with Crippen LogP contribution in [0.1, 0.15) is 137 Å². The highest BCUT2D eigenvalue weighted by molar-refractivity contribution is 5.67. The molecule has 1 atom stereocenters. The third-order valence-corrected chi connectivity index (χ3v) is 10.0. The Bertz CT molecular complexity index is 1070. The molecule has 2 fully saturated rings. The van der Waals surface area contributed by atoms with Crippen LogP contribution < -0.4 is 0 Å². The topological polar surface area (TPSA) is 18.5 Å². The average molecular weight is 547 g/mol. The Labute approximate surface area is 242 Å². The van der Waals surface area contributed by atoms with Gasteiger partial charge >= 0.3 is 0 Å². The number of hydrogen-bond donors (Lipinski definition) is 0. The normalized spacial score (nSPS) is 27.4. The molecule has 2 nitrogen and oxygen atoms in total. The van der Waals surface area contributed by atoms with Crippen LogP contribution in [0.4, 0.5) is 4.39 Å². The van der Waals surface area contributed by atoms with Gasteiger partial charge in [-0.15, -0.1) is 0 Å². The molecule has 0 bridgehead atoms. The molecule has 40 heavy (non-hydrogen) atoms. The zero-order valence-electron chi connectivity index (χ0n) is 25.0. The lowest BCUT2D eigenvalue weighted by atomic mass is 9.78. The van der Waals surface area contributed by atoms with Gasteiger partial charge in [0.1, 0.15) is 5.82 Å². The van der Waals surface area contributed by atoms with E-state index in [-0.39, 0.29) is 5.82 Å². The van der Waals surface area contributed by atoms with E-state index in [4.69, 9.17) is 9.47 Å². The Morgan fingerprint density at radius 3 is 2.15 bits per heavy atom. The molecule has 2 aromatic rings. The summed E-state index contributed by atoms with van der Waals surface area (Å²) in [5.41, 5.74) is 6.41. The van der Waals surface area contributed by atoms with Crippen molar-refractivity contribution in [1.29, 1.82) is 0 Å². The summed E-state index contributed by atoms with van der Waals surface area (Å²) in [7, 11) is 0. The predicted octanol–water partition coefficient (Wildman–Crippen LogP) is 10.3. The first-order chi connectivity index (χ1) is 19.6. The molecule has 0 N–H and O–H groups in total. The molecular formula is C37H51FO2. The van der Waals surface area contributed by atoms with Crippen molar-refractivity contribution >= 4 is 5.57 Å². The van der Waals surface area contributed by atoms with Crippen molar-refractivity contribution in [2.24, 2.45) is 5.92 Å². The summed E-state index contributed by atoms with van der Waals surface area (Å²) in [6, 6.07) is 15.6. The summed E-state index contributed by atoms with van der Waals surface area (Å²) in [5, 5.41) is 0. The number of allylic oxidation sites excluding steroid dienone is 2. The van der Waals surface area contributed by atoms with E-state index in [9.17, 15) is 0 Å². The molecule has 1 unspecified atom stereocenters. The monoisotopic (exact) mass is 546 g/mol. The molecule has 2 saturated carbocycles. The minimum atomic E-state index is 0.00476. The fourth-order valence-corrected chi connectivity index (χ4v) is 7.38. The van der Waals surface area contributed by atoms with Crippen molar-refractivity contribution in [3.8, 4) is 0 Å². The first-order valence-corrected chi connectivity index (χ1v) is 16.4. The van der Waals surface area contributed by atoms with Gasteiger partial charge in [-0.3, -0.25) is 0 Å². The highest BCUT2D eigenvalue weighted by Crippen LogP contribution is 2.40. The third kappa shape index (κ3) is 7.65. The van der Waals surface area contributed by atoms with Gasteiger partial charge in [-0.1, -0.05) is 55.8 Å². The van der Waals surface area contributed by atoms with Crippen molar-refractivity contribution in [1.82, 2.24) is 0 Å². The molecule has 0 spiro atoms.